The Morgan fingerprint density at radius 2 is 2.12 bits per heavy atom. The fourth-order valence-electron chi connectivity index (χ4n) is 3.47. The van der Waals surface area contributed by atoms with Crippen LogP contribution in [0, 0.1) is 25.6 Å². The molecule has 3 rings (SSSR count). The molecule has 0 saturated carbocycles. The third-order valence-corrected chi connectivity index (χ3v) is 4.80. The van der Waals surface area contributed by atoms with Crippen LogP contribution >= 0.6 is 0 Å². The minimum atomic E-state index is -0.317. The summed E-state index contributed by atoms with van der Waals surface area (Å²) in [5.74, 6) is -0.704. The molecule has 6 heteroatoms. The standard InChI is InChI=1S/C20H24FN3O2/c1-13-9-14(2)23-18(13)20(26)24-8-4-6-16(12-24)19(25)22-11-15-5-3-7-17(21)10-15/h3,5,7,9-10,16,23H,4,6,8,11-12H2,1-2H3,(H,22,25)/t16-/m1/s1. The van der Waals surface area contributed by atoms with Gasteiger partial charge >= 0.3 is 0 Å². The molecule has 0 aliphatic carbocycles. The Bertz CT molecular complexity index is 815. The molecule has 5 nitrogen and oxygen atoms in total. The Morgan fingerprint density at radius 3 is 2.81 bits per heavy atom. The normalized spacial score (nSPS) is 17.2. The molecule has 2 amide bonds. The lowest BCUT2D eigenvalue weighted by Gasteiger charge is -2.32. The molecular formula is C20H24FN3O2. The van der Waals surface area contributed by atoms with E-state index in [1.54, 1.807) is 17.0 Å². The van der Waals surface area contributed by atoms with E-state index in [1.807, 2.05) is 19.9 Å². The molecule has 2 N–H and O–H groups in total. The van der Waals surface area contributed by atoms with Gasteiger partial charge in [-0.05, 0) is 56.0 Å². The average molecular weight is 357 g/mol. The number of amides is 2. The first-order valence-electron chi connectivity index (χ1n) is 8.91. The Hall–Kier alpha value is -2.63. The van der Waals surface area contributed by atoms with Gasteiger partial charge in [-0.25, -0.2) is 4.39 Å². The SMILES string of the molecule is Cc1cc(C)c(C(=O)N2CCC[C@@H](C(=O)NCc3cccc(F)c3)C2)[nH]1. The highest BCUT2D eigenvalue weighted by Gasteiger charge is 2.29. The number of hydrogen-bond acceptors (Lipinski definition) is 2. The highest BCUT2D eigenvalue weighted by molar-refractivity contribution is 5.94. The van der Waals surface area contributed by atoms with Crippen molar-refractivity contribution in [3.05, 3.63) is 58.7 Å². The van der Waals surface area contributed by atoms with Crippen LogP contribution in [0.3, 0.4) is 0 Å². The Morgan fingerprint density at radius 1 is 1.31 bits per heavy atom. The molecule has 1 aliphatic heterocycles. The minimum absolute atomic E-state index is 0.0572. The van der Waals surface area contributed by atoms with Crippen molar-refractivity contribution < 1.29 is 14.0 Å². The third kappa shape index (κ3) is 4.12. The second-order valence-electron chi connectivity index (χ2n) is 6.95. The number of hydrogen-bond donors (Lipinski definition) is 2. The summed E-state index contributed by atoms with van der Waals surface area (Å²) in [6.07, 6.45) is 1.55. The number of H-pyrrole nitrogens is 1. The molecule has 1 saturated heterocycles. The van der Waals surface area contributed by atoms with Crippen LogP contribution in [0.25, 0.3) is 0 Å². The van der Waals surface area contributed by atoms with Crippen LogP contribution in [0.2, 0.25) is 0 Å². The molecule has 26 heavy (non-hydrogen) atoms. The zero-order chi connectivity index (χ0) is 18.7. The van der Waals surface area contributed by atoms with Crippen LogP contribution in [0.5, 0.6) is 0 Å². The van der Waals surface area contributed by atoms with Gasteiger partial charge in [-0.3, -0.25) is 9.59 Å². The Balaban J connectivity index is 1.60. The van der Waals surface area contributed by atoms with Crippen molar-refractivity contribution in [2.24, 2.45) is 5.92 Å². The van der Waals surface area contributed by atoms with Crippen molar-refractivity contribution in [1.82, 2.24) is 15.2 Å². The summed E-state index contributed by atoms with van der Waals surface area (Å²) in [5.41, 5.74) is 3.19. The highest BCUT2D eigenvalue weighted by Crippen LogP contribution is 2.20. The Kier molecular flexibility index (Phi) is 5.40. The number of carbonyl (C=O) groups is 2. The van der Waals surface area contributed by atoms with Crippen LogP contribution in [0.1, 0.15) is 40.2 Å². The van der Waals surface area contributed by atoms with E-state index in [1.165, 1.54) is 12.1 Å². The lowest BCUT2D eigenvalue weighted by molar-refractivity contribution is -0.126. The van der Waals surface area contributed by atoms with Gasteiger partial charge in [-0.15, -0.1) is 0 Å². The fraction of sp³-hybridized carbons (Fsp3) is 0.400. The molecular weight excluding hydrogens is 333 g/mol. The lowest BCUT2D eigenvalue weighted by atomic mass is 9.96. The number of carbonyl (C=O) groups excluding carboxylic acids is 2. The van der Waals surface area contributed by atoms with Crippen LogP contribution in [0.15, 0.2) is 30.3 Å². The van der Waals surface area contributed by atoms with Gasteiger partial charge in [0, 0.05) is 25.3 Å². The van der Waals surface area contributed by atoms with Gasteiger partial charge in [0.25, 0.3) is 5.91 Å². The molecule has 2 aromatic rings. The summed E-state index contributed by atoms with van der Waals surface area (Å²) in [6.45, 7) is 5.18. The van der Waals surface area contributed by atoms with Crippen molar-refractivity contribution in [2.75, 3.05) is 13.1 Å². The summed E-state index contributed by atoms with van der Waals surface area (Å²) in [7, 11) is 0. The number of aromatic amines is 1. The number of halogens is 1. The van der Waals surface area contributed by atoms with Crippen LogP contribution < -0.4 is 5.32 Å². The first-order chi connectivity index (χ1) is 12.4. The topological polar surface area (TPSA) is 65.2 Å². The maximum absolute atomic E-state index is 13.2. The van der Waals surface area contributed by atoms with Gasteiger partial charge in [0.15, 0.2) is 0 Å². The van der Waals surface area contributed by atoms with Crippen LogP contribution in [-0.4, -0.2) is 34.8 Å². The van der Waals surface area contributed by atoms with Gasteiger partial charge in [0.2, 0.25) is 5.91 Å². The van der Waals surface area contributed by atoms with Gasteiger partial charge < -0.3 is 15.2 Å². The monoisotopic (exact) mass is 357 g/mol. The molecule has 0 radical (unpaired) electrons. The summed E-state index contributed by atoms with van der Waals surface area (Å²) in [4.78, 5) is 30.1. The van der Waals surface area contributed by atoms with Crippen molar-refractivity contribution in [1.29, 1.82) is 0 Å². The maximum atomic E-state index is 13.2. The van der Waals surface area contributed by atoms with Crippen molar-refractivity contribution in [3.63, 3.8) is 0 Å². The summed E-state index contributed by atoms with van der Waals surface area (Å²) >= 11 is 0. The zero-order valence-corrected chi connectivity index (χ0v) is 15.1. The van der Waals surface area contributed by atoms with Gasteiger partial charge in [-0.1, -0.05) is 12.1 Å². The van der Waals surface area contributed by atoms with E-state index in [0.717, 1.165) is 29.7 Å². The highest BCUT2D eigenvalue weighted by atomic mass is 19.1. The molecule has 1 atom stereocenters. The summed E-state index contributed by atoms with van der Waals surface area (Å²) in [6, 6.07) is 8.13. The van der Waals surface area contributed by atoms with Crippen LogP contribution in [0.4, 0.5) is 4.39 Å². The lowest BCUT2D eigenvalue weighted by Crippen LogP contribution is -2.45. The molecule has 0 spiro atoms. The molecule has 1 fully saturated rings. The van der Waals surface area contributed by atoms with E-state index in [4.69, 9.17) is 0 Å². The van der Waals surface area contributed by atoms with Crippen molar-refractivity contribution >= 4 is 11.8 Å². The van der Waals surface area contributed by atoms with E-state index in [2.05, 4.69) is 10.3 Å². The molecule has 1 aliphatic rings. The smallest absolute Gasteiger partial charge is 0.270 e. The predicted molar refractivity (Wildman–Crippen MR) is 97.1 cm³/mol. The van der Waals surface area contributed by atoms with E-state index >= 15 is 0 Å². The number of nitrogens with one attached hydrogen (secondary N) is 2. The van der Waals surface area contributed by atoms with E-state index in [-0.39, 0.29) is 30.1 Å². The average Bonchev–Trinajstić information content (AvgIpc) is 2.97. The first-order valence-corrected chi connectivity index (χ1v) is 8.91. The summed E-state index contributed by atoms with van der Waals surface area (Å²) in [5, 5.41) is 2.86. The minimum Gasteiger partial charge on any atom is -0.354 e. The second kappa shape index (κ2) is 7.72. The molecule has 0 unspecified atom stereocenters. The number of rotatable bonds is 4. The Labute approximate surface area is 152 Å². The number of aryl methyl sites for hydroxylation is 2. The fourth-order valence-corrected chi connectivity index (χ4v) is 3.47. The zero-order valence-electron chi connectivity index (χ0n) is 15.1. The quantitative estimate of drug-likeness (QED) is 0.884. The van der Waals surface area contributed by atoms with E-state index in [0.29, 0.717) is 18.8 Å². The number of benzene rings is 1. The first kappa shape index (κ1) is 18.2. The molecule has 1 aromatic heterocycles. The van der Waals surface area contributed by atoms with Crippen molar-refractivity contribution in [3.8, 4) is 0 Å². The van der Waals surface area contributed by atoms with Crippen LogP contribution in [-0.2, 0) is 11.3 Å². The molecule has 1 aromatic carbocycles. The second-order valence-corrected chi connectivity index (χ2v) is 6.95. The number of likely N-dealkylation sites (tertiary alicyclic amines) is 1. The largest absolute Gasteiger partial charge is 0.354 e. The van der Waals surface area contributed by atoms with E-state index in [9.17, 15) is 14.0 Å². The van der Waals surface area contributed by atoms with Gasteiger partial charge in [0.05, 0.1) is 5.92 Å². The number of aromatic nitrogens is 1. The number of piperidine rings is 1. The van der Waals surface area contributed by atoms with Gasteiger partial charge in [-0.2, -0.15) is 0 Å². The third-order valence-electron chi connectivity index (χ3n) is 4.80. The van der Waals surface area contributed by atoms with Gasteiger partial charge in [0.1, 0.15) is 11.5 Å². The van der Waals surface area contributed by atoms with E-state index < -0.39 is 0 Å². The predicted octanol–water partition coefficient (Wildman–Crippen LogP) is 2.94. The molecule has 138 valence electrons. The maximum Gasteiger partial charge on any atom is 0.270 e. The molecule has 0 bridgehead atoms. The van der Waals surface area contributed by atoms with Crippen molar-refractivity contribution in [2.45, 2.75) is 33.2 Å². The summed E-state index contributed by atoms with van der Waals surface area (Å²) < 4.78 is 13.2. The number of nitrogens with zero attached hydrogens (tertiary/aromatic N) is 1. The molecule has 2 heterocycles.